The summed E-state index contributed by atoms with van der Waals surface area (Å²) in [5.41, 5.74) is 2.58. The van der Waals surface area contributed by atoms with Gasteiger partial charge in [-0.3, -0.25) is 4.79 Å². The molecule has 28 heavy (non-hydrogen) atoms. The molecule has 2 aromatic rings. The fraction of sp³-hybridized carbons (Fsp3) is 0.333. The van der Waals surface area contributed by atoms with Crippen molar-refractivity contribution in [2.24, 2.45) is 0 Å². The summed E-state index contributed by atoms with van der Waals surface area (Å²) in [6.45, 7) is 3.75. The van der Waals surface area contributed by atoms with E-state index in [-0.39, 0.29) is 11.3 Å². The minimum atomic E-state index is -3.14. The zero-order valence-corrected chi connectivity index (χ0v) is 17.1. The highest BCUT2D eigenvalue weighted by atomic mass is 32.2. The standard InChI is InChI=1S/C21H25NO5S/c1-4-15(2)18-7-5-6-8-19(18)22-20(23)13-27-21(24)17-11-9-16(10-12-17)14-28(3,25)26/h5-12,15H,4,13-14H2,1-3H3,(H,22,23)/t15-/m0/s1. The van der Waals surface area contributed by atoms with Gasteiger partial charge in [0.1, 0.15) is 0 Å². The first-order chi connectivity index (χ1) is 13.2. The Morgan fingerprint density at radius 2 is 1.71 bits per heavy atom. The number of carbonyl (C=O) groups excluding carboxylic acids is 2. The smallest absolute Gasteiger partial charge is 0.338 e. The lowest BCUT2D eigenvalue weighted by molar-refractivity contribution is -0.119. The van der Waals surface area contributed by atoms with Gasteiger partial charge >= 0.3 is 5.97 Å². The third-order valence-corrected chi connectivity index (χ3v) is 5.19. The van der Waals surface area contributed by atoms with Crippen LogP contribution in [0.1, 0.15) is 47.7 Å². The van der Waals surface area contributed by atoms with Crippen molar-refractivity contribution in [3.05, 3.63) is 65.2 Å². The van der Waals surface area contributed by atoms with Gasteiger partial charge in [-0.2, -0.15) is 0 Å². The molecule has 0 spiro atoms. The van der Waals surface area contributed by atoms with Crippen LogP contribution < -0.4 is 5.32 Å². The molecule has 0 fully saturated rings. The van der Waals surface area contributed by atoms with E-state index < -0.39 is 28.3 Å². The maximum atomic E-state index is 12.2. The van der Waals surface area contributed by atoms with Crippen LogP contribution in [0.15, 0.2) is 48.5 Å². The van der Waals surface area contributed by atoms with Crippen LogP contribution in [0.5, 0.6) is 0 Å². The van der Waals surface area contributed by atoms with E-state index in [4.69, 9.17) is 4.74 Å². The van der Waals surface area contributed by atoms with Crippen molar-refractivity contribution in [3.63, 3.8) is 0 Å². The average Bonchev–Trinajstić information content (AvgIpc) is 2.65. The van der Waals surface area contributed by atoms with Crippen molar-refractivity contribution in [1.82, 2.24) is 0 Å². The van der Waals surface area contributed by atoms with Gasteiger partial charge in [-0.15, -0.1) is 0 Å². The summed E-state index contributed by atoms with van der Waals surface area (Å²) >= 11 is 0. The Bertz CT molecular complexity index is 936. The molecule has 0 aliphatic carbocycles. The molecule has 6 nitrogen and oxygen atoms in total. The number of para-hydroxylation sites is 1. The second-order valence-corrected chi connectivity index (χ2v) is 8.93. The van der Waals surface area contributed by atoms with Crippen molar-refractivity contribution < 1.29 is 22.7 Å². The van der Waals surface area contributed by atoms with E-state index >= 15 is 0 Å². The van der Waals surface area contributed by atoms with E-state index in [2.05, 4.69) is 19.2 Å². The largest absolute Gasteiger partial charge is 0.452 e. The molecule has 150 valence electrons. The third-order valence-electron chi connectivity index (χ3n) is 4.33. The van der Waals surface area contributed by atoms with E-state index in [0.29, 0.717) is 17.2 Å². The van der Waals surface area contributed by atoms with Crippen LogP contribution in [0.25, 0.3) is 0 Å². The molecular weight excluding hydrogens is 378 g/mol. The lowest BCUT2D eigenvalue weighted by Crippen LogP contribution is -2.21. The van der Waals surface area contributed by atoms with Crippen LogP contribution in [-0.2, 0) is 25.1 Å². The highest BCUT2D eigenvalue weighted by Gasteiger charge is 2.14. The highest BCUT2D eigenvalue weighted by Crippen LogP contribution is 2.26. The van der Waals surface area contributed by atoms with Crippen LogP contribution in [0.2, 0.25) is 0 Å². The molecule has 0 aliphatic rings. The number of anilines is 1. The maximum Gasteiger partial charge on any atom is 0.338 e. The monoisotopic (exact) mass is 403 g/mol. The Labute approximate surface area is 165 Å². The summed E-state index contributed by atoms with van der Waals surface area (Å²) < 4.78 is 27.7. The minimum absolute atomic E-state index is 0.0969. The quantitative estimate of drug-likeness (QED) is 0.681. The van der Waals surface area contributed by atoms with Gasteiger partial charge in [-0.05, 0) is 41.7 Å². The second kappa shape index (κ2) is 9.50. The average molecular weight is 404 g/mol. The summed E-state index contributed by atoms with van der Waals surface area (Å²) in [5.74, 6) is -0.862. The number of sulfone groups is 1. The molecule has 1 amide bonds. The number of nitrogens with one attached hydrogen (secondary N) is 1. The van der Waals surface area contributed by atoms with Crippen LogP contribution in [-0.4, -0.2) is 33.2 Å². The predicted molar refractivity (Wildman–Crippen MR) is 109 cm³/mol. The van der Waals surface area contributed by atoms with Gasteiger partial charge in [0.2, 0.25) is 0 Å². The molecule has 0 unspecified atom stereocenters. The zero-order chi connectivity index (χ0) is 20.7. The fourth-order valence-electron chi connectivity index (χ4n) is 2.70. The van der Waals surface area contributed by atoms with Crippen LogP contribution in [0.4, 0.5) is 5.69 Å². The SMILES string of the molecule is CC[C@H](C)c1ccccc1NC(=O)COC(=O)c1ccc(CS(C)(=O)=O)cc1. The van der Waals surface area contributed by atoms with E-state index in [0.717, 1.165) is 18.2 Å². The summed E-state index contributed by atoms with van der Waals surface area (Å²) in [7, 11) is -3.14. The van der Waals surface area contributed by atoms with Crippen molar-refractivity contribution in [3.8, 4) is 0 Å². The van der Waals surface area contributed by atoms with Crippen LogP contribution >= 0.6 is 0 Å². The van der Waals surface area contributed by atoms with E-state index in [1.54, 1.807) is 12.1 Å². The molecule has 1 atom stereocenters. The summed E-state index contributed by atoms with van der Waals surface area (Å²) in [4.78, 5) is 24.3. The number of benzene rings is 2. The van der Waals surface area contributed by atoms with Crippen molar-refractivity contribution in [1.29, 1.82) is 0 Å². The fourth-order valence-corrected chi connectivity index (χ4v) is 3.50. The topological polar surface area (TPSA) is 89.5 Å². The molecule has 0 aromatic heterocycles. The molecular formula is C21H25NO5S. The Kier molecular flexibility index (Phi) is 7.34. The molecule has 0 saturated heterocycles. The second-order valence-electron chi connectivity index (χ2n) is 6.79. The van der Waals surface area contributed by atoms with Crippen molar-refractivity contribution >= 4 is 27.4 Å². The van der Waals surface area contributed by atoms with Gasteiger partial charge in [0.05, 0.1) is 11.3 Å². The van der Waals surface area contributed by atoms with Crippen molar-refractivity contribution in [2.75, 3.05) is 18.2 Å². The summed E-state index contributed by atoms with van der Waals surface area (Å²) in [6.07, 6.45) is 2.09. The molecule has 0 radical (unpaired) electrons. The summed E-state index contributed by atoms with van der Waals surface area (Å²) in [5, 5.41) is 2.78. The molecule has 2 rings (SSSR count). The van der Waals surface area contributed by atoms with Crippen molar-refractivity contribution in [2.45, 2.75) is 31.9 Å². The number of rotatable bonds is 8. The zero-order valence-electron chi connectivity index (χ0n) is 16.3. The molecule has 0 saturated carbocycles. The van der Waals surface area contributed by atoms with Gasteiger partial charge in [-0.1, -0.05) is 44.2 Å². The molecule has 0 heterocycles. The van der Waals surface area contributed by atoms with E-state index in [9.17, 15) is 18.0 Å². The normalized spacial score (nSPS) is 12.2. The number of hydrogen-bond donors (Lipinski definition) is 1. The van der Waals surface area contributed by atoms with E-state index in [1.807, 2.05) is 24.3 Å². The summed E-state index contributed by atoms with van der Waals surface area (Å²) in [6, 6.07) is 13.6. The first-order valence-electron chi connectivity index (χ1n) is 9.02. The lowest BCUT2D eigenvalue weighted by atomic mass is 9.97. The van der Waals surface area contributed by atoms with Gasteiger partial charge in [-0.25, -0.2) is 13.2 Å². The molecule has 7 heteroatoms. The highest BCUT2D eigenvalue weighted by molar-refractivity contribution is 7.89. The number of carbonyl (C=O) groups is 2. The lowest BCUT2D eigenvalue weighted by Gasteiger charge is -2.15. The molecule has 1 N–H and O–H groups in total. The Balaban J connectivity index is 1.93. The molecule has 0 aliphatic heterocycles. The Hall–Kier alpha value is -2.67. The van der Waals surface area contributed by atoms with Gasteiger partial charge < -0.3 is 10.1 Å². The third kappa shape index (κ3) is 6.49. The Morgan fingerprint density at radius 3 is 2.32 bits per heavy atom. The van der Waals surface area contributed by atoms with E-state index in [1.165, 1.54) is 12.1 Å². The Morgan fingerprint density at radius 1 is 1.07 bits per heavy atom. The molecule has 2 aromatic carbocycles. The van der Waals surface area contributed by atoms with Gasteiger partial charge in [0, 0.05) is 11.9 Å². The van der Waals surface area contributed by atoms with Crippen LogP contribution in [0, 0.1) is 0 Å². The first kappa shape index (κ1) is 21.6. The predicted octanol–water partition coefficient (Wildman–Crippen LogP) is 3.54. The number of amides is 1. The van der Waals surface area contributed by atoms with Gasteiger partial charge in [0.25, 0.3) is 5.91 Å². The van der Waals surface area contributed by atoms with Crippen LogP contribution in [0.3, 0.4) is 0 Å². The van der Waals surface area contributed by atoms with Gasteiger partial charge in [0.15, 0.2) is 16.4 Å². The first-order valence-corrected chi connectivity index (χ1v) is 11.1. The number of hydrogen-bond acceptors (Lipinski definition) is 5. The number of ether oxygens (including phenoxy) is 1. The number of esters is 1. The maximum absolute atomic E-state index is 12.2. The molecule has 0 bridgehead atoms. The minimum Gasteiger partial charge on any atom is -0.452 e.